The first kappa shape index (κ1) is 5.60. The Labute approximate surface area is 71.6 Å². The lowest BCUT2D eigenvalue weighted by atomic mass is 10.3. The van der Waals surface area contributed by atoms with E-state index in [0.29, 0.717) is 0 Å². The van der Waals surface area contributed by atoms with E-state index in [0.717, 1.165) is 11.3 Å². The second-order valence-corrected chi connectivity index (χ2v) is 2.64. The SMILES string of the molecule is [2H]c1sc(N)c(C(=O)OCC)c1[2H]. The number of anilines is 1. The van der Waals surface area contributed by atoms with Gasteiger partial charge in [0.05, 0.1) is 14.9 Å². The van der Waals surface area contributed by atoms with E-state index in [1.165, 1.54) is 0 Å². The van der Waals surface area contributed by atoms with E-state index in [9.17, 15) is 4.79 Å². The van der Waals surface area contributed by atoms with Crippen LogP contribution in [0.1, 0.15) is 20.0 Å². The second kappa shape index (κ2) is 3.39. The van der Waals surface area contributed by atoms with E-state index in [2.05, 4.69) is 4.74 Å². The first-order valence-electron chi connectivity index (χ1n) is 4.10. The molecular formula is C7H9NO2S. The Balaban J connectivity index is 3.06. The molecule has 0 unspecified atom stereocenters. The highest BCUT2D eigenvalue weighted by Crippen LogP contribution is 2.19. The zero-order valence-electron chi connectivity index (χ0n) is 8.01. The van der Waals surface area contributed by atoms with Crippen molar-refractivity contribution in [1.29, 1.82) is 0 Å². The standard InChI is InChI=1S/C7H9NO2S/c1-2-10-7(9)5-3-4-11-6(5)8/h3-4H,2,8H2,1H3/i3D,4D. The number of esters is 1. The van der Waals surface area contributed by atoms with Gasteiger partial charge in [-0.3, -0.25) is 0 Å². The van der Waals surface area contributed by atoms with Crippen molar-refractivity contribution in [3.05, 3.63) is 17.0 Å². The molecule has 1 heterocycles. The normalized spacial score (nSPS) is 12.1. The van der Waals surface area contributed by atoms with Gasteiger partial charge in [-0.25, -0.2) is 4.79 Å². The molecule has 0 saturated carbocycles. The number of thiophene rings is 1. The average Bonchev–Trinajstić information content (AvgIpc) is 2.27. The summed E-state index contributed by atoms with van der Waals surface area (Å²) in [5, 5.41) is 0.161. The summed E-state index contributed by atoms with van der Waals surface area (Å²) in [6, 6.07) is -0.152. The van der Waals surface area contributed by atoms with Gasteiger partial charge in [0.2, 0.25) is 0 Å². The molecule has 1 aromatic heterocycles. The summed E-state index contributed by atoms with van der Waals surface area (Å²) in [5.41, 5.74) is 5.46. The number of rotatable bonds is 2. The number of hydrogen-bond donors (Lipinski definition) is 1. The number of carbonyl (C=O) groups is 1. The monoisotopic (exact) mass is 173 g/mol. The summed E-state index contributed by atoms with van der Waals surface area (Å²) in [6.07, 6.45) is 0. The highest BCUT2D eigenvalue weighted by molar-refractivity contribution is 7.14. The Morgan fingerprint density at radius 2 is 2.73 bits per heavy atom. The minimum Gasteiger partial charge on any atom is -0.462 e. The van der Waals surface area contributed by atoms with Crippen LogP contribution >= 0.6 is 11.3 Å². The van der Waals surface area contributed by atoms with Gasteiger partial charge in [0.15, 0.2) is 0 Å². The Morgan fingerprint density at radius 1 is 2.00 bits per heavy atom. The predicted octanol–water partition coefficient (Wildman–Crippen LogP) is 1.51. The van der Waals surface area contributed by atoms with Crippen LogP contribution < -0.4 is 5.73 Å². The van der Waals surface area contributed by atoms with Crippen LogP contribution in [0.15, 0.2) is 11.4 Å². The van der Waals surface area contributed by atoms with Crippen LogP contribution in [-0.4, -0.2) is 12.6 Å². The van der Waals surface area contributed by atoms with Gasteiger partial charge in [-0.1, -0.05) is 0 Å². The van der Waals surface area contributed by atoms with Crippen LogP contribution in [0, 0.1) is 0 Å². The van der Waals surface area contributed by atoms with Gasteiger partial charge in [-0.15, -0.1) is 11.3 Å². The number of ether oxygens (including phenoxy) is 1. The molecule has 1 rings (SSSR count). The third-order valence-corrected chi connectivity index (χ3v) is 1.69. The van der Waals surface area contributed by atoms with E-state index in [1.54, 1.807) is 6.92 Å². The van der Waals surface area contributed by atoms with Crippen molar-refractivity contribution in [2.45, 2.75) is 6.92 Å². The molecule has 0 aliphatic rings. The zero-order valence-corrected chi connectivity index (χ0v) is 6.83. The number of nitrogen functional groups attached to an aromatic ring is 1. The quantitative estimate of drug-likeness (QED) is 0.689. The van der Waals surface area contributed by atoms with E-state index in [-0.39, 0.29) is 28.6 Å². The maximum atomic E-state index is 11.2. The van der Waals surface area contributed by atoms with Gasteiger partial charge in [0, 0.05) is 0 Å². The maximum Gasteiger partial charge on any atom is 0.341 e. The molecule has 11 heavy (non-hydrogen) atoms. The number of nitrogens with two attached hydrogens (primary N) is 1. The first-order chi connectivity index (χ1) is 6.07. The Morgan fingerprint density at radius 3 is 3.18 bits per heavy atom. The minimum atomic E-state index is -0.625. The van der Waals surface area contributed by atoms with Gasteiger partial charge in [-0.2, -0.15) is 0 Å². The van der Waals surface area contributed by atoms with Gasteiger partial charge >= 0.3 is 5.97 Å². The van der Waals surface area contributed by atoms with Crippen LogP contribution in [0.5, 0.6) is 0 Å². The van der Waals surface area contributed by atoms with Crippen molar-refractivity contribution in [2.75, 3.05) is 12.3 Å². The molecule has 0 aromatic carbocycles. The smallest absolute Gasteiger partial charge is 0.341 e. The van der Waals surface area contributed by atoms with Crippen LogP contribution in [-0.2, 0) is 4.74 Å². The lowest BCUT2D eigenvalue weighted by molar-refractivity contribution is 0.0528. The van der Waals surface area contributed by atoms with Crippen LogP contribution in [0.4, 0.5) is 5.00 Å². The van der Waals surface area contributed by atoms with Crippen molar-refractivity contribution in [3.8, 4) is 0 Å². The molecule has 60 valence electrons. The van der Waals surface area contributed by atoms with Crippen LogP contribution in [0.25, 0.3) is 0 Å². The summed E-state index contributed by atoms with van der Waals surface area (Å²) in [7, 11) is 0. The van der Waals surface area contributed by atoms with E-state index >= 15 is 0 Å². The van der Waals surface area contributed by atoms with E-state index in [4.69, 9.17) is 8.48 Å². The fraction of sp³-hybridized carbons (Fsp3) is 0.286. The van der Waals surface area contributed by atoms with Gasteiger partial charge in [0.25, 0.3) is 0 Å². The van der Waals surface area contributed by atoms with Crippen molar-refractivity contribution < 1.29 is 12.3 Å². The Hall–Kier alpha value is -1.03. The molecule has 0 saturated heterocycles. The maximum absolute atomic E-state index is 11.2. The molecule has 0 aliphatic carbocycles. The third-order valence-electron chi connectivity index (χ3n) is 1.06. The molecular weight excluding hydrogens is 162 g/mol. The Kier molecular flexibility index (Phi) is 1.72. The fourth-order valence-electron chi connectivity index (χ4n) is 0.599. The highest BCUT2D eigenvalue weighted by Gasteiger charge is 2.10. The van der Waals surface area contributed by atoms with Crippen molar-refractivity contribution in [1.82, 2.24) is 0 Å². The number of hydrogen-bond acceptors (Lipinski definition) is 4. The summed E-state index contributed by atoms with van der Waals surface area (Å²) < 4.78 is 19.3. The molecule has 0 radical (unpaired) electrons. The molecule has 4 heteroatoms. The van der Waals surface area contributed by atoms with Gasteiger partial charge in [-0.05, 0) is 18.3 Å². The molecule has 2 N–H and O–H groups in total. The summed E-state index contributed by atoms with van der Waals surface area (Å²) in [5.74, 6) is -0.625. The van der Waals surface area contributed by atoms with E-state index in [1.807, 2.05) is 0 Å². The minimum absolute atomic E-state index is 0.0110. The van der Waals surface area contributed by atoms with E-state index < -0.39 is 5.97 Å². The second-order valence-electron chi connectivity index (χ2n) is 1.79. The first-order valence-corrected chi connectivity index (χ1v) is 3.92. The van der Waals surface area contributed by atoms with Crippen molar-refractivity contribution >= 4 is 22.3 Å². The summed E-state index contributed by atoms with van der Waals surface area (Å²) in [6.45, 7) is 1.91. The van der Waals surface area contributed by atoms with Crippen molar-refractivity contribution in [2.24, 2.45) is 0 Å². The Bertz CT molecular complexity index is 337. The van der Waals surface area contributed by atoms with Crippen molar-refractivity contribution in [3.63, 3.8) is 0 Å². The van der Waals surface area contributed by atoms with Crippen LogP contribution in [0.2, 0.25) is 0 Å². The summed E-state index contributed by atoms with van der Waals surface area (Å²) in [4.78, 5) is 11.2. The molecule has 1 aromatic rings. The molecule has 0 atom stereocenters. The summed E-state index contributed by atoms with van der Waals surface area (Å²) >= 11 is 0.906. The molecule has 0 aliphatic heterocycles. The third kappa shape index (κ3) is 1.71. The number of carbonyl (C=O) groups excluding carboxylic acids is 1. The average molecular weight is 173 g/mol. The predicted molar refractivity (Wildman–Crippen MR) is 44.7 cm³/mol. The fourth-order valence-corrected chi connectivity index (χ4v) is 1.10. The topological polar surface area (TPSA) is 52.3 Å². The lowest BCUT2D eigenvalue weighted by Gasteiger charge is -1.98. The molecule has 0 fully saturated rings. The molecule has 0 amide bonds. The zero-order chi connectivity index (χ0) is 10.0. The highest BCUT2D eigenvalue weighted by atomic mass is 32.1. The largest absolute Gasteiger partial charge is 0.462 e. The molecule has 0 bridgehead atoms. The molecule has 3 nitrogen and oxygen atoms in total. The van der Waals surface area contributed by atoms with Crippen LogP contribution in [0.3, 0.4) is 0 Å². The lowest BCUT2D eigenvalue weighted by Crippen LogP contribution is -2.05. The van der Waals surface area contributed by atoms with Gasteiger partial charge in [0.1, 0.15) is 5.00 Å². The molecule has 0 spiro atoms. The van der Waals surface area contributed by atoms with Gasteiger partial charge < -0.3 is 10.5 Å².